The number of carboxylic acids is 1. The van der Waals surface area contributed by atoms with Crippen LogP contribution in [0.3, 0.4) is 0 Å². The molecule has 1 unspecified atom stereocenters. The number of benzene rings is 1. The lowest BCUT2D eigenvalue weighted by Crippen LogP contribution is -2.21. The predicted octanol–water partition coefficient (Wildman–Crippen LogP) is 4.70. The first-order valence-corrected chi connectivity index (χ1v) is 9.38. The molecule has 0 bridgehead atoms. The summed E-state index contributed by atoms with van der Waals surface area (Å²) in [5.74, 6) is -1.14. The van der Waals surface area contributed by atoms with Gasteiger partial charge in [-0.3, -0.25) is 0 Å². The van der Waals surface area contributed by atoms with Crippen molar-refractivity contribution >= 4 is 56.7 Å². The van der Waals surface area contributed by atoms with Crippen LogP contribution in [-0.4, -0.2) is 34.2 Å². The Morgan fingerprint density at radius 3 is 2.71 bits per heavy atom. The van der Waals surface area contributed by atoms with E-state index in [1.165, 1.54) is 29.5 Å². The second kappa shape index (κ2) is 8.09. The summed E-state index contributed by atoms with van der Waals surface area (Å²) in [6.07, 6.45) is 1.22. The third kappa shape index (κ3) is 4.22. The van der Waals surface area contributed by atoms with Gasteiger partial charge in [0.1, 0.15) is 10.3 Å². The number of aromatic carboxylic acids is 1. The number of carbonyl (C=O) groups is 2. The highest BCUT2D eigenvalue weighted by atomic mass is 35.5. The molecule has 3 N–H and O–H groups in total. The van der Waals surface area contributed by atoms with Gasteiger partial charge in [-0.25, -0.2) is 19.6 Å². The number of hydrogen-bond acceptors (Lipinski definition) is 6. The van der Waals surface area contributed by atoms with Crippen LogP contribution in [0.1, 0.15) is 34.0 Å². The molecule has 0 aliphatic rings. The summed E-state index contributed by atoms with van der Waals surface area (Å²) >= 11 is 7.38. The number of fused-ring (bicyclic) bond motifs is 1. The normalized spacial score (nSPS) is 12.0. The molecule has 8 nitrogen and oxygen atoms in total. The molecular formula is C18H17ClN4O4S. The molecule has 1 atom stereocenters. The van der Waals surface area contributed by atoms with E-state index in [1.807, 2.05) is 13.8 Å². The highest BCUT2D eigenvalue weighted by Crippen LogP contribution is 2.33. The van der Waals surface area contributed by atoms with E-state index in [0.717, 1.165) is 9.84 Å². The second-order valence-electron chi connectivity index (χ2n) is 5.96. The highest BCUT2D eigenvalue weighted by Gasteiger charge is 2.20. The van der Waals surface area contributed by atoms with E-state index in [0.29, 0.717) is 16.8 Å². The van der Waals surface area contributed by atoms with Crippen LogP contribution in [0.2, 0.25) is 5.02 Å². The van der Waals surface area contributed by atoms with Crippen LogP contribution >= 0.6 is 22.9 Å². The third-order valence-electron chi connectivity index (χ3n) is 3.98. The number of rotatable bonds is 5. The van der Waals surface area contributed by atoms with E-state index in [9.17, 15) is 9.59 Å². The number of thiazole rings is 1. The summed E-state index contributed by atoms with van der Waals surface area (Å²) in [5.41, 5.74) is 2.06. The van der Waals surface area contributed by atoms with Gasteiger partial charge in [0.2, 0.25) is 0 Å². The largest absolute Gasteiger partial charge is 0.478 e. The molecule has 0 spiro atoms. The van der Waals surface area contributed by atoms with Crippen molar-refractivity contribution in [1.82, 2.24) is 9.97 Å². The molecule has 0 aliphatic heterocycles. The summed E-state index contributed by atoms with van der Waals surface area (Å²) in [6.45, 7) is 3.73. The molecule has 0 saturated carbocycles. The van der Waals surface area contributed by atoms with Crippen LogP contribution in [0.4, 0.5) is 16.2 Å². The fourth-order valence-electron chi connectivity index (χ4n) is 2.70. The van der Waals surface area contributed by atoms with Gasteiger partial charge < -0.3 is 20.5 Å². The van der Waals surface area contributed by atoms with Gasteiger partial charge >= 0.3 is 12.0 Å². The van der Waals surface area contributed by atoms with Gasteiger partial charge in [0.25, 0.3) is 0 Å². The summed E-state index contributed by atoms with van der Waals surface area (Å²) < 4.78 is 5.43. The maximum absolute atomic E-state index is 12.5. The summed E-state index contributed by atoms with van der Waals surface area (Å²) in [5, 5.41) is 15.5. The van der Waals surface area contributed by atoms with Gasteiger partial charge in [-0.2, -0.15) is 0 Å². The van der Waals surface area contributed by atoms with Crippen molar-refractivity contribution in [3.8, 4) is 0 Å². The number of nitrogens with zero attached hydrogens (tertiary/aromatic N) is 2. The molecular weight excluding hydrogens is 404 g/mol. The lowest BCUT2D eigenvalue weighted by molar-refractivity contribution is 0.0697. The van der Waals surface area contributed by atoms with Crippen molar-refractivity contribution in [3.63, 3.8) is 0 Å². The van der Waals surface area contributed by atoms with Crippen molar-refractivity contribution < 1.29 is 19.4 Å². The van der Waals surface area contributed by atoms with E-state index in [2.05, 4.69) is 20.6 Å². The Bertz CT molecular complexity index is 1070. The molecule has 3 rings (SSSR count). The zero-order chi connectivity index (χ0) is 20.4. The Balaban J connectivity index is 1.90. The second-order valence-corrected chi connectivity index (χ2v) is 7.58. The lowest BCUT2D eigenvalue weighted by atomic mass is 10.1. The predicted molar refractivity (Wildman–Crippen MR) is 109 cm³/mol. The van der Waals surface area contributed by atoms with Crippen molar-refractivity contribution in [2.45, 2.75) is 20.0 Å². The summed E-state index contributed by atoms with van der Waals surface area (Å²) in [6, 6.07) is 3.50. The fraction of sp³-hybridized carbons (Fsp3) is 0.222. The first-order valence-electron chi connectivity index (χ1n) is 8.19. The molecule has 0 fully saturated rings. The first kappa shape index (κ1) is 20.0. The van der Waals surface area contributed by atoms with Gasteiger partial charge in [0.15, 0.2) is 0 Å². The smallest absolute Gasteiger partial charge is 0.335 e. The molecule has 28 heavy (non-hydrogen) atoms. The van der Waals surface area contributed by atoms with E-state index >= 15 is 0 Å². The number of aromatic nitrogens is 2. The number of anilines is 2. The number of carbonyl (C=O) groups excluding carboxylic acids is 1. The number of halogens is 1. The molecule has 0 aliphatic carbocycles. The van der Waals surface area contributed by atoms with Crippen LogP contribution in [0.25, 0.3) is 10.3 Å². The number of ether oxygens (including phenoxy) is 1. The average Bonchev–Trinajstić information content (AvgIpc) is 3.00. The Labute approximate surface area is 169 Å². The van der Waals surface area contributed by atoms with E-state index in [4.69, 9.17) is 21.4 Å². The standard InChI is InChI=1S/C18H17ClN4O4S/c1-8(27-3)14-13(7-20-16-15(14)21-9(2)28-16)23-18(26)22-12-5-10(17(24)25)4-11(19)6-12/h4-8H,1-3H3,(H,24,25)(H2,22,23,26). The van der Waals surface area contributed by atoms with Crippen LogP contribution in [-0.2, 0) is 4.74 Å². The van der Waals surface area contributed by atoms with E-state index in [1.54, 1.807) is 13.3 Å². The minimum absolute atomic E-state index is 0.0301. The topological polar surface area (TPSA) is 113 Å². The minimum atomic E-state index is -1.14. The Kier molecular flexibility index (Phi) is 5.78. The van der Waals surface area contributed by atoms with Crippen molar-refractivity contribution in [1.29, 1.82) is 0 Å². The number of aryl methyl sites for hydroxylation is 1. The average molecular weight is 421 g/mol. The quantitative estimate of drug-likeness (QED) is 0.551. The van der Waals surface area contributed by atoms with E-state index in [-0.39, 0.29) is 22.4 Å². The number of urea groups is 1. The molecule has 2 amide bonds. The lowest BCUT2D eigenvalue weighted by Gasteiger charge is -2.16. The van der Waals surface area contributed by atoms with Gasteiger partial charge in [0.05, 0.1) is 28.6 Å². The minimum Gasteiger partial charge on any atom is -0.478 e. The van der Waals surface area contributed by atoms with Crippen LogP contribution in [0.15, 0.2) is 24.4 Å². The van der Waals surface area contributed by atoms with Gasteiger partial charge in [0, 0.05) is 23.4 Å². The van der Waals surface area contributed by atoms with Crippen molar-refractivity contribution in [3.05, 3.63) is 45.6 Å². The monoisotopic (exact) mass is 420 g/mol. The zero-order valence-corrected chi connectivity index (χ0v) is 16.8. The van der Waals surface area contributed by atoms with Crippen molar-refractivity contribution in [2.75, 3.05) is 17.7 Å². The number of nitrogens with one attached hydrogen (secondary N) is 2. The highest BCUT2D eigenvalue weighted by molar-refractivity contribution is 7.18. The number of carboxylic acid groups (broad SMARTS) is 1. The molecule has 0 saturated heterocycles. The van der Waals surface area contributed by atoms with Gasteiger partial charge in [-0.1, -0.05) is 22.9 Å². The third-order valence-corrected chi connectivity index (χ3v) is 5.08. The van der Waals surface area contributed by atoms with Crippen LogP contribution in [0.5, 0.6) is 0 Å². The summed E-state index contributed by atoms with van der Waals surface area (Å²) in [7, 11) is 1.57. The van der Waals surface area contributed by atoms with Crippen LogP contribution < -0.4 is 10.6 Å². The first-order chi connectivity index (χ1) is 13.3. The molecule has 2 aromatic heterocycles. The van der Waals surface area contributed by atoms with Crippen LogP contribution in [0, 0.1) is 6.92 Å². The maximum atomic E-state index is 12.5. The van der Waals surface area contributed by atoms with Gasteiger partial charge in [-0.15, -0.1) is 0 Å². The van der Waals surface area contributed by atoms with Crippen molar-refractivity contribution in [2.24, 2.45) is 0 Å². The Hall–Kier alpha value is -2.75. The number of methoxy groups -OCH3 is 1. The number of amides is 2. The molecule has 146 valence electrons. The number of hydrogen-bond donors (Lipinski definition) is 3. The summed E-state index contributed by atoms with van der Waals surface area (Å²) in [4.78, 5) is 33.2. The SMILES string of the molecule is COC(C)c1c(NC(=O)Nc2cc(Cl)cc(C(=O)O)c2)cnc2sc(C)nc12. The maximum Gasteiger partial charge on any atom is 0.335 e. The van der Waals surface area contributed by atoms with E-state index < -0.39 is 12.0 Å². The molecule has 0 radical (unpaired) electrons. The Morgan fingerprint density at radius 1 is 1.29 bits per heavy atom. The van der Waals surface area contributed by atoms with Gasteiger partial charge in [-0.05, 0) is 32.0 Å². The Morgan fingerprint density at radius 2 is 2.04 bits per heavy atom. The number of pyridine rings is 1. The molecule has 10 heteroatoms. The fourth-order valence-corrected chi connectivity index (χ4v) is 3.71. The molecule has 1 aromatic carbocycles. The zero-order valence-electron chi connectivity index (χ0n) is 15.2. The molecule has 2 heterocycles. The molecule has 3 aromatic rings.